The van der Waals surface area contributed by atoms with Gasteiger partial charge in [-0.3, -0.25) is 4.90 Å². The summed E-state index contributed by atoms with van der Waals surface area (Å²) in [4.78, 5) is 1.58. The first-order valence-corrected chi connectivity index (χ1v) is 5.84. The van der Waals surface area contributed by atoms with Crippen LogP contribution in [0.2, 0.25) is 0 Å². The van der Waals surface area contributed by atoms with Crippen molar-refractivity contribution in [2.75, 3.05) is 20.1 Å². The minimum Gasteiger partial charge on any atom is -0.315 e. The molecular weight excluding hydrogens is 267 g/mol. The van der Waals surface area contributed by atoms with Crippen LogP contribution in [0.25, 0.3) is 0 Å². The number of hydrogen-bond donors (Lipinski definition) is 1. The van der Waals surface area contributed by atoms with Crippen LogP contribution in [0, 0.1) is 29.1 Å². The first-order chi connectivity index (χ1) is 8.93. The van der Waals surface area contributed by atoms with Gasteiger partial charge in [0.2, 0.25) is 5.82 Å². The Morgan fingerprint density at radius 3 is 2.00 bits per heavy atom. The third kappa shape index (κ3) is 2.57. The maximum Gasteiger partial charge on any atom is 0.200 e. The van der Waals surface area contributed by atoms with Gasteiger partial charge in [0.1, 0.15) is 0 Å². The number of likely N-dealkylation sites (N-methyl/N-ethyl adjacent to an activating group) is 1. The zero-order chi connectivity index (χ0) is 14.2. The molecule has 2 nitrogen and oxygen atoms in total. The van der Waals surface area contributed by atoms with Gasteiger partial charge in [0, 0.05) is 24.7 Å². The molecule has 1 atom stereocenters. The minimum absolute atomic E-state index is 0.0231. The Hall–Kier alpha value is -1.21. The van der Waals surface area contributed by atoms with Crippen molar-refractivity contribution in [3.63, 3.8) is 0 Å². The van der Waals surface area contributed by atoms with Crippen molar-refractivity contribution in [1.29, 1.82) is 0 Å². The number of benzene rings is 1. The lowest BCUT2D eigenvalue weighted by molar-refractivity contribution is 0.237. The lowest BCUT2D eigenvalue weighted by atomic mass is 10.1. The second-order valence-electron chi connectivity index (χ2n) is 4.61. The van der Waals surface area contributed by atoms with Crippen LogP contribution < -0.4 is 5.32 Å². The summed E-state index contributed by atoms with van der Waals surface area (Å²) in [6, 6.07) is 0.0231. The fourth-order valence-electron chi connectivity index (χ4n) is 2.18. The first-order valence-electron chi connectivity index (χ1n) is 5.84. The Morgan fingerprint density at radius 2 is 1.53 bits per heavy atom. The van der Waals surface area contributed by atoms with Gasteiger partial charge in [0.05, 0.1) is 0 Å². The molecule has 0 aliphatic carbocycles. The van der Waals surface area contributed by atoms with Crippen molar-refractivity contribution in [3.8, 4) is 0 Å². The van der Waals surface area contributed by atoms with E-state index in [0.717, 1.165) is 13.0 Å². The molecule has 0 saturated carbocycles. The predicted molar refractivity (Wildman–Crippen MR) is 59.0 cm³/mol. The van der Waals surface area contributed by atoms with Crippen molar-refractivity contribution in [2.45, 2.75) is 19.0 Å². The Labute approximate surface area is 107 Å². The Morgan fingerprint density at radius 1 is 1.00 bits per heavy atom. The van der Waals surface area contributed by atoms with Gasteiger partial charge in [-0.2, -0.15) is 0 Å². The van der Waals surface area contributed by atoms with E-state index >= 15 is 0 Å². The molecule has 19 heavy (non-hydrogen) atoms. The van der Waals surface area contributed by atoms with E-state index in [4.69, 9.17) is 0 Å². The average molecular weight is 280 g/mol. The van der Waals surface area contributed by atoms with E-state index in [1.54, 1.807) is 11.9 Å². The molecule has 1 unspecified atom stereocenters. The molecular formula is C12H13F5N2. The molecule has 1 fully saturated rings. The fraction of sp³-hybridized carbons (Fsp3) is 0.500. The van der Waals surface area contributed by atoms with Gasteiger partial charge >= 0.3 is 0 Å². The molecule has 1 N–H and O–H groups in total. The van der Waals surface area contributed by atoms with Crippen molar-refractivity contribution in [1.82, 2.24) is 10.2 Å². The number of halogens is 5. The van der Waals surface area contributed by atoms with E-state index in [2.05, 4.69) is 5.32 Å². The van der Waals surface area contributed by atoms with E-state index in [1.807, 2.05) is 0 Å². The summed E-state index contributed by atoms with van der Waals surface area (Å²) in [7, 11) is 1.59. The van der Waals surface area contributed by atoms with E-state index in [-0.39, 0.29) is 12.6 Å². The SMILES string of the molecule is CN(Cc1c(F)c(F)c(F)c(F)c1F)C1CCNC1. The molecule has 7 heteroatoms. The van der Waals surface area contributed by atoms with Crippen molar-refractivity contribution in [3.05, 3.63) is 34.6 Å². The monoisotopic (exact) mass is 280 g/mol. The second-order valence-corrected chi connectivity index (χ2v) is 4.61. The van der Waals surface area contributed by atoms with Gasteiger partial charge in [-0.15, -0.1) is 0 Å². The standard InChI is InChI=1S/C12H13F5N2/c1-19(6-2-3-18-4-6)5-7-8(13)10(15)12(17)11(16)9(7)14/h6,18H,2-5H2,1H3. The van der Waals surface area contributed by atoms with Crippen molar-refractivity contribution >= 4 is 0 Å². The molecule has 1 aliphatic heterocycles. The van der Waals surface area contributed by atoms with E-state index in [9.17, 15) is 22.0 Å². The van der Waals surface area contributed by atoms with Gasteiger partial charge in [0.15, 0.2) is 23.3 Å². The van der Waals surface area contributed by atoms with Crippen LogP contribution in [-0.2, 0) is 6.54 Å². The second kappa shape index (κ2) is 5.42. The van der Waals surface area contributed by atoms with E-state index in [0.29, 0.717) is 6.54 Å². The van der Waals surface area contributed by atoms with Crippen LogP contribution in [0.5, 0.6) is 0 Å². The highest BCUT2D eigenvalue weighted by molar-refractivity contribution is 5.24. The topological polar surface area (TPSA) is 15.3 Å². The molecule has 1 aromatic rings. The third-order valence-corrected chi connectivity index (χ3v) is 3.37. The molecule has 0 spiro atoms. The summed E-state index contributed by atoms with van der Waals surface area (Å²) in [6.07, 6.45) is 0.770. The predicted octanol–water partition coefficient (Wildman–Crippen LogP) is 2.18. The lowest BCUT2D eigenvalue weighted by Gasteiger charge is -2.24. The van der Waals surface area contributed by atoms with Gasteiger partial charge < -0.3 is 5.32 Å². The Balaban J connectivity index is 2.29. The van der Waals surface area contributed by atoms with E-state index in [1.165, 1.54) is 0 Å². The van der Waals surface area contributed by atoms with Crippen LogP contribution in [-0.4, -0.2) is 31.1 Å². The van der Waals surface area contributed by atoms with E-state index < -0.39 is 34.6 Å². The van der Waals surface area contributed by atoms with Crippen LogP contribution in [0.1, 0.15) is 12.0 Å². The molecule has 1 aliphatic rings. The number of rotatable bonds is 3. The lowest BCUT2D eigenvalue weighted by Crippen LogP contribution is -2.33. The quantitative estimate of drug-likeness (QED) is 0.518. The summed E-state index contributed by atoms with van der Waals surface area (Å²) in [5.74, 6) is -9.42. The molecule has 106 valence electrons. The molecule has 2 rings (SSSR count). The zero-order valence-electron chi connectivity index (χ0n) is 10.2. The normalized spacial score (nSPS) is 19.4. The van der Waals surface area contributed by atoms with Crippen LogP contribution in [0.15, 0.2) is 0 Å². The Kier molecular flexibility index (Phi) is 4.05. The third-order valence-electron chi connectivity index (χ3n) is 3.37. The fourth-order valence-corrected chi connectivity index (χ4v) is 2.18. The summed E-state index contributed by atoms with van der Waals surface area (Å²) < 4.78 is 65.9. The number of nitrogens with zero attached hydrogens (tertiary/aromatic N) is 1. The summed E-state index contributed by atoms with van der Waals surface area (Å²) in [6.45, 7) is 1.08. The average Bonchev–Trinajstić information content (AvgIpc) is 2.93. The highest BCUT2D eigenvalue weighted by atomic mass is 19.2. The first kappa shape index (κ1) is 14.2. The zero-order valence-corrected chi connectivity index (χ0v) is 10.2. The molecule has 1 heterocycles. The molecule has 1 saturated heterocycles. The molecule has 0 bridgehead atoms. The smallest absolute Gasteiger partial charge is 0.200 e. The molecule has 0 radical (unpaired) electrons. The Bertz CT molecular complexity index is 456. The van der Waals surface area contributed by atoms with Gasteiger partial charge in [0.25, 0.3) is 0 Å². The van der Waals surface area contributed by atoms with Crippen LogP contribution >= 0.6 is 0 Å². The van der Waals surface area contributed by atoms with Crippen molar-refractivity contribution < 1.29 is 22.0 Å². The number of hydrogen-bond acceptors (Lipinski definition) is 2. The molecule has 0 aromatic heterocycles. The maximum absolute atomic E-state index is 13.5. The van der Waals surface area contributed by atoms with Crippen LogP contribution in [0.4, 0.5) is 22.0 Å². The summed E-state index contributed by atoms with van der Waals surface area (Å²) in [5.41, 5.74) is -0.786. The molecule has 0 amide bonds. The summed E-state index contributed by atoms with van der Waals surface area (Å²) in [5, 5.41) is 3.06. The highest BCUT2D eigenvalue weighted by Crippen LogP contribution is 2.24. The van der Waals surface area contributed by atoms with Gasteiger partial charge in [-0.1, -0.05) is 0 Å². The van der Waals surface area contributed by atoms with Gasteiger partial charge in [-0.25, -0.2) is 22.0 Å². The number of nitrogens with one attached hydrogen (secondary N) is 1. The van der Waals surface area contributed by atoms with Gasteiger partial charge in [-0.05, 0) is 20.0 Å². The van der Waals surface area contributed by atoms with Crippen molar-refractivity contribution in [2.24, 2.45) is 0 Å². The summed E-state index contributed by atoms with van der Waals surface area (Å²) >= 11 is 0. The maximum atomic E-state index is 13.5. The minimum atomic E-state index is -2.12. The molecule has 1 aromatic carbocycles. The highest BCUT2D eigenvalue weighted by Gasteiger charge is 2.28. The largest absolute Gasteiger partial charge is 0.315 e. The van der Waals surface area contributed by atoms with Crippen LogP contribution in [0.3, 0.4) is 0 Å².